The molecule has 9 heteroatoms. The maximum Gasteiger partial charge on any atom is 0.266 e. The first-order valence-electron chi connectivity index (χ1n) is 19.4. The predicted molar refractivity (Wildman–Crippen MR) is 220 cm³/mol. The van der Waals surface area contributed by atoms with Crippen LogP contribution in [0.15, 0.2) is 71.5 Å². The normalized spacial score (nSPS) is 10.5. The molecule has 0 radical (unpaired) electrons. The standard InChI is InChI=1S/C28H39N3O4.C10H12O2.C4H10.C2H6/c1-5-6-7-12-27-29-24-11-9-8-10-23(24)28(33)31(27)25-19-22(13-14-26(25)35-21(2)3)20-30(15-17-32)16-18-34-4;1-8-3-5-10(6-4-8)12-7-9(2)11;1-3-4-2;1-2/h8-11,13-14,19,21,32H,5-7,12,15-18,20H2,1-4H3;3-6H,7H2,1-2H3;3-4H2,1-2H3;1-2H3. The summed E-state index contributed by atoms with van der Waals surface area (Å²) in [6.07, 6.45) is 6.44. The van der Waals surface area contributed by atoms with Crippen LogP contribution in [0.5, 0.6) is 11.5 Å². The maximum atomic E-state index is 13.8. The molecule has 0 saturated heterocycles. The third-order valence-electron chi connectivity index (χ3n) is 7.87. The number of aryl methyl sites for hydroxylation is 2. The zero-order chi connectivity index (χ0) is 39.6. The topological polar surface area (TPSA) is 103 Å². The van der Waals surface area contributed by atoms with Crippen LogP contribution in [0.25, 0.3) is 16.6 Å². The Morgan fingerprint density at radius 1 is 0.925 bits per heavy atom. The fourth-order valence-corrected chi connectivity index (χ4v) is 5.03. The summed E-state index contributed by atoms with van der Waals surface area (Å²) in [5.41, 5.74) is 3.56. The van der Waals surface area contributed by atoms with Gasteiger partial charge in [-0.1, -0.05) is 96.2 Å². The van der Waals surface area contributed by atoms with Gasteiger partial charge in [0.1, 0.15) is 23.9 Å². The summed E-state index contributed by atoms with van der Waals surface area (Å²) >= 11 is 0. The van der Waals surface area contributed by atoms with Gasteiger partial charge in [0.2, 0.25) is 0 Å². The number of carbonyl (C=O) groups is 1. The van der Waals surface area contributed by atoms with E-state index < -0.39 is 0 Å². The van der Waals surface area contributed by atoms with Crippen LogP contribution in [0.2, 0.25) is 0 Å². The minimum Gasteiger partial charge on any atom is -0.489 e. The molecule has 0 aliphatic heterocycles. The maximum absolute atomic E-state index is 13.8. The molecule has 1 heterocycles. The van der Waals surface area contributed by atoms with Crippen molar-refractivity contribution in [2.75, 3.05) is 40.0 Å². The molecule has 0 aliphatic carbocycles. The van der Waals surface area contributed by atoms with Gasteiger partial charge in [0.25, 0.3) is 5.56 Å². The average molecular weight is 734 g/mol. The smallest absolute Gasteiger partial charge is 0.266 e. The number of fused-ring (bicyclic) bond motifs is 1. The van der Waals surface area contributed by atoms with Crippen LogP contribution in [0, 0.1) is 6.92 Å². The Morgan fingerprint density at radius 2 is 1.60 bits per heavy atom. The predicted octanol–water partition coefficient (Wildman–Crippen LogP) is 9.14. The first-order chi connectivity index (χ1) is 25.6. The van der Waals surface area contributed by atoms with Crippen LogP contribution in [-0.2, 0) is 22.5 Å². The number of Topliss-reactive ketones (excluding diaryl/α,β-unsaturated/α-hetero) is 1. The van der Waals surface area contributed by atoms with Crippen LogP contribution in [-0.4, -0.2) is 71.5 Å². The number of rotatable bonds is 18. The van der Waals surface area contributed by atoms with E-state index in [9.17, 15) is 14.7 Å². The van der Waals surface area contributed by atoms with Crippen molar-refractivity contribution in [3.63, 3.8) is 0 Å². The van der Waals surface area contributed by atoms with Gasteiger partial charge in [0, 0.05) is 33.2 Å². The number of hydrogen-bond donors (Lipinski definition) is 1. The zero-order valence-electron chi connectivity index (χ0n) is 34.2. The lowest BCUT2D eigenvalue weighted by Gasteiger charge is -2.23. The molecule has 0 spiro atoms. The minimum absolute atomic E-state index is 0.0376. The molecule has 0 fully saturated rings. The van der Waals surface area contributed by atoms with Crippen LogP contribution in [0.1, 0.15) is 104 Å². The summed E-state index contributed by atoms with van der Waals surface area (Å²) in [7, 11) is 1.67. The van der Waals surface area contributed by atoms with E-state index in [-0.39, 0.29) is 30.7 Å². The van der Waals surface area contributed by atoms with Gasteiger partial charge in [-0.3, -0.25) is 19.1 Å². The van der Waals surface area contributed by atoms with Crippen molar-refractivity contribution in [1.82, 2.24) is 14.5 Å². The van der Waals surface area contributed by atoms with Crippen LogP contribution in [0.3, 0.4) is 0 Å². The highest BCUT2D eigenvalue weighted by Crippen LogP contribution is 2.27. The van der Waals surface area contributed by atoms with E-state index in [0.29, 0.717) is 49.5 Å². The Balaban J connectivity index is 0.000000644. The minimum atomic E-state index is -0.0838. The number of aliphatic hydroxyl groups is 1. The van der Waals surface area contributed by atoms with Gasteiger partial charge in [-0.2, -0.15) is 0 Å². The van der Waals surface area contributed by atoms with Crippen molar-refractivity contribution in [3.05, 3.63) is 94.0 Å². The third kappa shape index (κ3) is 17.6. The number of ketones is 1. The number of hydrogen-bond acceptors (Lipinski definition) is 8. The Labute approximate surface area is 319 Å². The van der Waals surface area contributed by atoms with Gasteiger partial charge >= 0.3 is 0 Å². The average Bonchev–Trinajstić information content (AvgIpc) is 3.15. The van der Waals surface area contributed by atoms with Crippen molar-refractivity contribution >= 4 is 16.7 Å². The molecule has 9 nitrogen and oxygen atoms in total. The first-order valence-corrected chi connectivity index (χ1v) is 19.4. The monoisotopic (exact) mass is 734 g/mol. The quantitative estimate of drug-likeness (QED) is 0.101. The molecule has 3 aromatic carbocycles. The van der Waals surface area contributed by atoms with Crippen molar-refractivity contribution in [2.45, 2.75) is 113 Å². The van der Waals surface area contributed by atoms with Gasteiger partial charge in [-0.25, -0.2) is 4.98 Å². The number of aliphatic hydroxyl groups excluding tert-OH is 1. The second-order valence-corrected chi connectivity index (χ2v) is 12.9. The van der Waals surface area contributed by atoms with Crippen LogP contribution >= 0.6 is 0 Å². The number of para-hydroxylation sites is 1. The highest BCUT2D eigenvalue weighted by atomic mass is 16.5. The molecule has 0 bridgehead atoms. The van der Waals surface area contributed by atoms with E-state index in [1.54, 1.807) is 11.7 Å². The molecule has 4 rings (SSSR count). The van der Waals surface area contributed by atoms with Crippen molar-refractivity contribution in [1.29, 1.82) is 0 Å². The SMILES string of the molecule is CC.CC(=O)COc1ccc(C)cc1.CCCC.CCCCCc1nc2ccccc2c(=O)n1-c1cc(CN(CCO)CCOC)ccc1OC(C)C. The summed E-state index contributed by atoms with van der Waals surface area (Å²) < 4.78 is 18.3. The lowest BCUT2D eigenvalue weighted by Crippen LogP contribution is -2.30. The summed E-state index contributed by atoms with van der Waals surface area (Å²) in [6, 6.07) is 21.1. The molecule has 0 aliphatic rings. The second-order valence-electron chi connectivity index (χ2n) is 12.9. The molecular weight excluding hydrogens is 666 g/mol. The Bertz CT molecular complexity index is 1630. The number of carbonyl (C=O) groups excluding carboxylic acids is 1. The summed E-state index contributed by atoms with van der Waals surface area (Å²) in [4.78, 5) is 31.4. The zero-order valence-corrected chi connectivity index (χ0v) is 34.2. The fourth-order valence-electron chi connectivity index (χ4n) is 5.03. The number of benzene rings is 3. The third-order valence-corrected chi connectivity index (χ3v) is 7.87. The van der Waals surface area contributed by atoms with E-state index in [1.165, 1.54) is 25.3 Å². The number of aromatic nitrogens is 2. The summed E-state index contributed by atoms with van der Waals surface area (Å²) in [5.74, 6) is 2.19. The fraction of sp³-hybridized carbons (Fsp3) is 0.523. The van der Waals surface area contributed by atoms with Crippen LogP contribution in [0.4, 0.5) is 0 Å². The van der Waals surface area contributed by atoms with Gasteiger partial charge in [-0.15, -0.1) is 0 Å². The molecule has 0 amide bonds. The van der Waals surface area contributed by atoms with E-state index in [2.05, 4.69) is 25.7 Å². The molecule has 53 heavy (non-hydrogen) atoms. The lowest BCUT2D eigenvalue weighted by molar-refractivity contribution is -0.118. The van der Waals surface area contributed by atoms with Crippen molar-refractivity contribution < 1.29 is 24.1 Å². The summed E-state index contributed by atoms with van der Waals surface area (Å²) in [6.45, 7) is 20.7. The highest BCUT2D eigenvalue weighted by molar-refractivity contribution is 5.78. The van der Waals surface area contributed by atoms with Crippen molar-refractivity contribution in [3.8, 4) is 17.2 Å². The number of unbranched alkanes of at least 4 members (excludes halogenated alkanes) is 3. The number of methoxy groups -OCH3 is 1. The lowest BCUT2D eigenvalue weighted by atomic mass is 10.1. The molecule has 0 saturated carbocycles. The van der Waals surface area contributed by atoms with E-state index in [0.717, 1.165) is 41.9 Å². The van der Waals surface area contributed by atoms with Gasteiger partial charge < -0.3 is 19.3 Å². The van der Waals surface area contributed by atoms with Gasteiger partial charge in [0.15, 0.2) is 5.78 Å². The number of ether oxygens (including phenoxy) is 3. The first kappa shape index (κ1) is 47.0. The van der Waals surface area contributed by atoms with Gasteiger partial charge in [0.05, 0.1) is 35.9 Å². The summed E-state index contributed by atoms with van der Waals surface area (Å²) in [5, 5.41) is 10.1. The second kappa shape index (κ2) is 27.5. The Kier molecular flexibility index (Phi) is 24.4. The molecule has 1 aromatic heterocycles. The molecule has 0 unspecified atom stereocenters. The highest BCUT2D eigenvalue weighted by Gasteiger charge is 2.18. The van der Waals surface area contributed by atoms with E-state index >= 15 is 0 Å². The van der Waals surface area contributed by atoms with Crippen molar-refractivity contribution in [2.24, 2.45) is 0 Å². The van der Waals surface area contributed by atoms with Gasteiger partial charge in [-0.05, 0) is 76.1 Å². The molecule has 0 atom stereocenters. The van der Waals surface area contributed by atoms with E-state index in [1.807, 2.05) is 101 Å². The Hall–Kier alpha value is -4.05. The van der Waals surface area contributed by atoms with E-state index in [4.69, 9.17) is 19.2 Å². The molecular formula is C44H67N3O6. The molecule has 294 valence electrons. The molecule has 4 aromatic rings. The number of nitrogens with zero attached hydrogens (tertiary/aromatic N) is 3. The Morgan fingerprint density at radius 3 is 2.19 bits per heavy atom. The largest absolute Gasteiger partial charge is 0.489 e. The van der Waals surface area contributed by atoms with Crippen LogP contribution < -0.4 is 15.0 Å². The molecule has 1 N–H and O–H groups in total.